The first-order valence-electron chi connectivity index (χ1n) is 7.18. The second-order valence-electron chi connectivity index (χ2n) is 6.06. The van der Waals surface area contributed by atoms with Crippen molar-refractivity contribution in [2.24, 2.45) is 5.41 Å². The molecule has 20 heavy (non-hydrogen) atoms. The molecular formula is C13H23NO5S. The van der Waals surface area contributed by atoms with E-state index in [1.54, 1.807) is 6.92 Å². The van der Waals surface area contributed by atoms with Crippen molar-refractivity contribution in [3.63, 3.8) is 0 Å². The lowest BCUT2D eigenvalue weighted by molar-refractivity contribution is -0.151. The molecule has 0 radical (unpaired) electrons. The SMILES string of the molecule is CC1(C(=O)O)CCCCC1NS(=O)(=O)CC1CCCO1. The van der Waals surface area contributed by atoms with E-state index in [2.05, 4.69) is 4.72 Å². The Balaban J connectivity index is 2.04. The summed E-state index contributed by atoms with van der Waals surface area (Å²) in [6.45, 7) is 2.24. The Morgan fingerprint density at radius 2 is 2.10 bits per heavy atom. The first-order valence-corrected chi connectivity index (χ1v) is 8.84. The van der Waals surface area contributed by atoms with Crippen LogP contribution in [-0.2, 0) is 19.6 Å². The number of carbonyl (C=O) groups is 1. The molecule has 2 fully saturated rings. The van der Waals surface area contributed by atoms with Gasteiger partial charge in [0.15, 0.2) is 0 Å². The Hall–Kier alpha value is -0.660. The topological polar surface area (TPSA) is 92.7 Å². The molecule has 2 N–H and O–H groups in total. The van der Waals surface area contributed by atoms with Gasteiger partial charge in [0.2, 0.25) is 10.0 Å². The zero-order chi connectivity index (χ0) is 14.8. The predicted octanol–water partition coefficient (Wildman–Crippen LogP) is 1.12. The van der Waals surface area contributed by atoms with Crippen molar-refractivity contribution in [2.45, 2.75) is 57.6 Å². The van der Waals surface area contributed by atoms with Crippen molar-refractivity contribution in [3.05, 3.63) is 0 Å². The third-order valence-electron chi connectivity index (χ3n) is 4.45. The van der Waals surface area contributed by atoms with Crippen LogP contribution in [0.15, 0.2) is 0 Å². The zero-order valence-electron chi connectivity index (χ0n) is 11.8. The third-order valence-corrected chi connectivity index (χ3v) is 5.90. The molecular weight excluding hydrogens is 282 g/mol. The molecule has 7 heteroatoms. The Morgan fingerprint density at radius 3 is 2.70 bits per heavy atom. The van der Waals surface area contributed by atoms with Gasteiger partial charge in [-0.25, -0.2) is 13.1 Å². The van der Waals surface area contributed by atoms with Gasteiger partial charge >= 0.3 is 5.97 Å². The van der Waals surface area contributed by atoms with Gasteiger partial charge in [0.25, 0.3) is 0 Å². The minimum atomic E-state index is -3.51. The molecule has 0 aromatic carbocycles. The minimum Gasteiger partial charge on any atom is -0.481 e. The van der Waals surface area contributed by atoms with Gasteiger partial charge < -0.3 is 9.84 Å². The van der Waals surface area contributed by atoms with Gasteiger partial charge in [-0.2, -0.15) is 0 Å². The average Bonchev–Trinajstić information content (AvgIpc) is 2.83. The number of sulfonamides is 1. The van der Waals surface area contributed by atoms with E-state index in [4.69, 9.17) is 4.74 Å². The highest BCUT2D eigenvalue weighted by molar-refractivity contribution is 7.89. The molecule has 0 spiro atoms. The fourth-order valence-corrected chi connectivity index (χ4v) is 4.72. The largest absolute Gasteiger partial charge is 0.481 e. The standard InChI is InChI=1S/C13H23NO5S/c1-13(12(15)16)7-3-2-6-11(13)14-20(17,18)9-10-5-4-8-19-10/h10-11,14H,2-9H2,1H3,(H,15,16). The van der Waals surface area contributed by atoms with Gasteiger partial charge in [0, 0.05) is 12.6 Å². The smallest absolute Gasteiger partial charge is 0.310 e. The lowest BCUT2D eigenvalue weighted by Crippen LogP contribution is -2.53. The molecule has 3 unspecified atom stereocenters. The minimum absolute atomic E-state index is 0.0702. The van der Waals surface area contributed by atoms with Crippen LogP contribution in [0.25, 0.3) is 0 Å². The highest BCUT2D eigenvalue weighted by atomic mass is 32.2. The van der Waals surface area contributed by atoms with Gasteiger partial charge in [-0.15, -0.1) is 0 Å². The van der Waals surface area contributed by atoms with Crippen molar-refractivity contribution in [1.29, 1.82) is 0 Å². The van der Waals surface area contributed by atoms with Crippen LogP contribution >= 0.6 is 0 Å². The van der Waals surface area contributed by atoms with E-state index < -0.39 is 27.4 Å². The molecule has 0 aromatic rings. The maximum Gasteiger partial charge on any atom is 0.310 e. The number of hydrogen-bond donors (Lipinski definition) is 2. The van der Waals surface area contributed by atoms with Gasteiger partial charge in [0.1, 0.15) is 0 Å². The molecule has 2 rings (SSSR count). The van der Waals surface area contributed by atoms with Crippen LogP contribution in [0.4, 0.5) is 0 Å². The van der Waals surface area contributed by atoms with E-state index in [9.17, 15) is 18.3 Å². The van der Waals surface area contributed by atoms with Crippen molar-refractivity contribution in [3.8, 4) is 0 Å². The first-order chi connectivity index (χ1) is 9.33. The number of ether oxygens (including phenoxy) is 1. The van der Waals surface area contributed by atoms with E-state index in [0.29, 0.717) is 19.4 Å². The molecule has 0 aromatic heterocycles. The maximum absolute atomic E-state index is 12.2. The highest BCUT2D eigenvalue weighted by Crippen LogP contribution is 2.36. The molecule has 0 bridgehead atoms. The molecule has 1 heterocycles. The van der Waals surface area contributed by atoms with E-state index in [-0.39, 0.29) is 11.9 Å². The van der Waals surface area contributed by atoms with Gasteiger partial charge in [-0.05, 0) is 32.6 Å². The molecule has 1 saturated carbocycles. The van der Waals surface area contributed by atoms with Crippen LogP contribution in [-0.4, -0.2) is 44.0 Å². The summed E-state index contributed by atoms with van der Waals surface area (Å²) in [5, 5.41) is 9.39. The van der Waals surface area contributed by atoms with E-state index in [0.717, 1.165) is 25.7 Å². The molecule has 2 aliphatic rings. The number of rotatable bonds is 5. The summed E-state index contributed by atoms with van der Waals surface area (Å²) in [4.78, 5) is 11.5. The lowest BCUT2D eigenvalue weighted by atomic mass is 9.72. The fraction of sp³-hybridized carbons (Fsp3) is 0.923. The molecule has 116 valence electrons. The van der Waals surface area contributed by atoms with E-state index in [1.807, 2.05) is 0 Å². The summed E-state index contributed by atoms with van der Waals surface area (Å²) in [6.07, 6.45) is 4.15. The Morgan fingerprint density at radius 1 is 1.35 bits per heavy atom. The first kappa shape index (κ1) is 15.7. The number of aliphatic carboxylic acids is 1. The summed E-state index contributed by atoms with van der Waals surface area (Å²) >= 11 is 0. The molecule has 1 saturated heterocycles. The molecule has 6 nitrogen and oxygen atoms in total. The summed E-state index contributed by atoms with van der Waals surface area (Å²) in [5.74, 6) is -0.999. The highest BCUT2D eigenvalue weighted by Gasteiger charge is 2.45. The lowest BCUT2D eigenvalue weighted by Gasteiger charge is -2.38. The molecule has 1 aliphatic carbocycles. The third kappa shape index (κ3) is 3.51. The van der Waals surface area contributed by atoms with Crippen molar-refractivity contribution in [1.82, 2.24) is 4.72 Å². The number of carboxylic acids is 1. The normalized spacial score (nSPS) is 35.0. The van der Waals surface area contributed by atoms with Crippen LogP contribution < -0.4 is 4.72 Å². The van der Waals surface area contributed by atoms with Crippen molar-refractivity contribution < 1.29 is 23.1 Å². The van der Waals surface area contributed by atoms with Crippen LogP contribution in [0.1, 0.15) is 45.4 Å². The monoisotopic (exact) mass is 305 g/mol. The van der Waals surface area contributed by atoms with E-state index in [1.165, 1.54) is 0 Å². The van der Waals surface area contributed by atoms with Gasteiger partial charge in [-0.1, -0.05) is 12.8 Å². The molecule has 1 aliphatic heterocycles. The number of nitrogens with one attached hydrogen (secondary N) is 1. The number of hydrogen-bond acceptors (Lipinski definition) is 4. The summed E-state index contributed by atoms with van der Waals surface area (Å²) < 4.78 is 32.3. The van der Waals surface area contributed by atoms with Crippen LogP contribution in [0.3, 0.4) is 0 Å². The Kier molecular flexibility index (Phi) is 4.71. The molecule has 0 amide bonds. The predicted molar refractivity (Wildman–Crippen MR) is 73.9 cm³/mol. The number of carboxylic acid groups (broad SMARTS) is 1. The van der Waals surface area contributed by atoms with Crippen molar-refractivity contribution >= 4 is 16.0 Å². The molecule has 3 atom stereocenters. The summed E-state index contributed by atoms with van der Waals surface area (Å²) in [7, 11) is -3.51. The summed E-state index contributed by atoms with van der Waals surface area (Å²) in [5.41, 5.74) is -1.01. The van der Waals surface area contributed by atoms with Crippen LogP contribution in [0, 0.1) is 5.41 Å². The average molecular weight is 305 g/mol. The fourth-order valence-electron chi connectivity index (χ4n) is 3.06. The second kappa shape index (κ2) is 5.99. The Labute approximate surface area is 119 Å². The van der Waals surface area contributed by atoms with Crippen LogP contribution in [0.2, 0.25) is 0 Å². The van der Waals surface area contributed by atoms with Gasteiger partial charge in [0.05, 0.1) is 17.3 Å². The quantitative estimate of drug-likeness (QED) is 0.794. The van der Waals surface area contributed by atoms with Crippen LogP contribution in [0.5, 0.6) is 0 Å². The Bertz CT molecular complexity index is 457. The zero-order valence-corrected chi connectivity index (χ0v) is 12.6. The summed E-state index contributed by atoms with van der Waals surface area (Å²) in [6, 6.07) is -0.528. The van der Waals surface area contributed by atoms with E-state index >= 15 is 0 Å². The van der Waals surface area contributed by atoms with Crippen molar-refractivity contribution in [2.75, 3.05) is 12.4 Å². The maximum atomic E-state index is 12.2. The van der Waals surface area contributed by atoms with Gasteiger partial charge in [-0.3, -0.25) is 4.79 Å². The second-order valence-corrected chi connectivity index (χ2v) is 7.85.